The number of carbonyl (C=O) groups is 1. The number of carbonyl (C=O) groups excluding carboxylic acids is 1. The fraction of sp³-hybridized carbons (Fsp3) is 0.481. The van der Waals surface area contributed by atoms with E-state index in [1.54, 1.807) is 6.20 Å². The zero-order valence-corrected chi connectivity index (χ0v) is 22.5. The van der Waals surface area contributed by atoms with Gasteiger partial charge in [0, 0.05) is 17.4 Å². The van der Waals surface area contributed by atoms with Crippen LogP contribution in [0.2, 0.25) is 18.1 Å². The molecule has 2 aromatic carbocycles. The number of hydrogen-bond donors (Lipinski definition) is 3. The van der Waals surface area contributed by atoms with E-state index < -0.39 is 8.32 Å². The van der Waals surface area contributed by atoms with Crippen molar-refractivity contribution in [2.45, 2.75) is 77.0 Å². The van der Waals surface area contributed by atoms with Gasteiger partial charge < -0.3 is 15.1 Å². The maximum atomic E-state index is 12.8. The smallest absolute Gasteiger partial charge is 0.319 e. The third-order valence-corrected chi connectivity index (χ3v) is 12.1. The van der Waals surface area contributed by atoms with Crippen molar-refractivity contribution in [1.82, 2.24) is 15.5 Å². The van der Waals surface area contributed by atoms with Gasteiger partial charge in [-0.3, -0.25) is 5.10 Å². The molecular weight excluding hydrogens is 440 g/mol. The minimum atomic E-state index is -1.80. The van der Waals surface area contributed by atoms with Gasteiger partial charge in [0.1, 0.15) is 0 Å². The molecule has 6 nitrogen and oxygen atoms in total. The van der Waals surface area contributed by atoms with Crippen LogP contribution in [-0.2, 0) is 16.3 Å². The zero-order chi connectivity index (χ0) is 24.7. The third-order valence-electron chi connectivity index (χ3n) is 7.64. The Morgan fingerprint density at radius 1 is 1.18 bits per heavy atom. The van der Waals surface area contributed by atoms with Crippen LogP contribution in [0.25, 0.3) is 10.9 Å². The first-order valence-corrected chi connectivity index (χ1v) is 15.1. The third kappa shape index (κ3) is 4.91. The quantitative estimate of drug-likeness (QED) is 0.346. The number of benzene rings is 2. The van der Waals surface area contributed by atoms with E-state index in [4.69, 9.17) is 4.43 Å². The molecule has 182 valence electrons. The molecule has 0 saturated carbocycles. The SMILES string of the molecule is CC(C)(CO[Si](C)(C)C(C)(C)C)c1ccc2c(c1)CCC2NC(=O)Nc1cccc2[nH]ncc12. The Balaban J connectivity index is 1.43. The summed E-state index contributed by atoms with van der Waals surface area (Å²) in [7, 11) is -1.80. The van der Waals surface area contributed by atoms with Gasteiger partial charge in [0.05, 0.1) is 23.4 Å². The normalized spacial score (nSPS) is 16.5. The summed E-state index contributed by atoms with van der Waals surface area (Å²) in [5.74, 6) is 0. The van der Waals surface area contributed by atoms with Crippen LogP contribution >= 0.6 is 0 Å². The summed E-state index contributed by atoms with van der Waals surface area (Å²) in [6, 6.07) is 12.3. The summed E-state index contributed by atoms with van der Waals surface area (Å²) in [5.41, 5.74) is 5.40. The van der Waals surface area contributed by atoms with Crippen molar-refractivity contribution >= 4 is 30.9 Å². The first-order chi connectivity index (χ1) is 15.9. The van der Waals surface area contributed by atoms with Crippen LogP contribution in [0.4, 0.5) is 10.5 Å². The number of hydrogen-bond acceptors (Lipinski definition) is 3. The molecule has 0 aliphatic heterocycles. The highest BCUT2D eigenvalue weighted by molar-refractivity contribution is 6.74. The number of aromatic amines is 1. The average Bonchev–Trinajstić information content (AvgIpc) is 3.39. The van der Waals surface area contributed by atoms with Crippen LogP contribution in [0.3, 0.4) is 0 Å². The maximum Gasteiger partial charge on any atom is 0.319 e. The Bertz CT molecular complexity index is 1190. The summed E-state index contributed by atoms with van der Waals surface area (Å²) < 4.78 is 6.55. The van der Waals surface area contributed by atoms with Gasteiger partial charge in [0.2, 0.25) is 0 Å². The maximum absolute atomic E-state index is 12.8. The Labute approximate surface area is 204 Å². The molecule has 7 heteroatoms. The molecule has 34 heavy (non-hydrogen) atoms. The van der Waals surface area contributed by atoms with Gasteiger partial charge in [-0.15, -0.1) is 0 Å². The molecule has 1 unspecified atom stereocenters. The van der Waals surface area contributed by atoms with Crippen LogP contribution in [-0.4, -0.2) is 31.2 Å². The number of nitrogens with one attached hydrogen (secondary N) is 3. The fourth-order valence-electron chi connectivity index (χ4n) is 4.24. The van der Waals surface area contributed by atoms with Crippen molar-refractivity contribution in [3.8, 4) is 0 Å². The Hall–Kier alpha value is -2.64. The minimum Gasteiger partial charge on any atom is -0.416 e. The molecule has 1 atom stereocenters. The van der Waals surface area contributed by atoms with E-state index in [-0.39, 0.29) is 22.5 Å². The van der Waals surface area contributed by atoms with Crippen molar-refractivity contribution in [1.29, 1.82) is 0 Å². The van der Waals surface area contributed by atoms with E-state index in [9.17, 15) is 4.79 Å². The first-order valence-electron chi connectivity index (χ1n) is 12.1. The molecule has 1 aliphatic rings. The van der Waals surface area contributed by atoms with Crippen molar-refractivity contribution in [3.63, 3.8) is 0 Å². The summed E-state index contributed by atoms with van der Waals surface area (Å²) in [4.78, 5) is 12.8. The van der Waals surface area contributed by atoms with Crippen molar-refractivity contribution in [3.05, 3.63) is 59.3 Å². The molecule has 0 radical (unpaired) electrons. The van der Waals surface area contributed by atoms with Crippen molar-refractivity contribution in [2.75, 3.05) is 11.9 Å². The lowest BCUT2D eigenvalue weighted by Crippen LogP contribution is -2.43. The second kappa shape index (κ2) is 8.85. The van der Waals surface area contributed by atoms with Crippen molar-refractivity contribution in [2.24, 2.45) is 0 Å². The molecule has 0 bridgehead atoms. The van der Waals surface area contributed by atoms with Crippen LogP contribution in [0.1, 0.15) is 63.8 Å². The number of nitrogens with zero attached hydrogens (tertiary/aromatic N) is 1. The molecule has 3 N–H and O–H groups in total. The highest BCUT2D eigenvalue weighted by atomic mass is 28.4. The van der Waals surface area contributed by atoms with E-state index in [0.717, 1.165) is 29.4 Å². The van der Waals surface area contributed by atoms with Gasteiger partial charge in [0.25, 0.3) is 0 Å². The molecule has 2 amide bonds. The van der Waals surface area contributed by atoms with E-state index in [1.807, 2.05) is 18.2 Å². The number of rotatable bonds is 6. The van der Waals surface area contributed by atoms with Crippen LogP contribution in [0, 0.1) is 0 Å². The van der Waals surface area contributed by atoms with Gasteiger partial charge in [-0.1, -0.05) is 58.9 Å². The Morgan fingerprint density at radius 3 is 2.68 bits per heavy atom. The van der Waals surface area contributed by atoms with E-state index in [1.165, 1.54) is 16.7 Å². The standard InChI is InChI=1S/C27H38N4O2Si/c1-26(2,3)34(6,7)33-17-27(4,5)19-12-13-20-18(15-19)11-14-23(20)30-25(32)29-22-9-8-10-24-21(22)16-28-31-24/h8-10,12-13,15-16,23H,11,14,17H2,1-7H3,(H,28,31)(H2,29,30,32). The number of urea groups is 1. The number of amides is 2. The van der Waals surface area contributed by atoms with E-state index >= 15 is 0 Å². The molecule has 0 fully saturated rings. The molecule has 1 aromatic heterocycles. The number of fused-ring (bicyclic) bond motifs is 2. The molecule has 0 spiro atoms. The predicted octanol–water partition coefficient (Wildman–Crippen LogP) is 6.67. The zero-order valence-electron chi connectivity index (χ0n) is 21.5. The van der Waals surface area contributed by atoms with Crippen LogP contribution in [0.15, 0.2) is 42.6 Å². The number of H-pyrrole nitrogens is 1. The fourth-order valence-corrected chi connectivity index (χ4v) is 5.40. The largest absolute Gasteiger partial charge is 0.416 e. The lowest BCUT2D eigenvalue weighted by Gasteiger charge is -2.39. The van der Waals surface area contributed by atoms with Gasteiger partial charge in [-0.05, 0) is 59.8 Å². The Kier molecular flexibility index (Phi) is 6.38. The summed E-state index contributed by atoms with van der Waals surface area (Å²) in [6.45, 7) is 16.7. The molecule has 1 heterocycles. The van der Waals surface area contributed by atoms with Gasteiger partial charge in [-0.25, -0.2) is 4.79 Å². The lowest BCUT2D eigenvalue weighted by molar-refractivity contribution is 0.220. The van der Waals surface area contributed by atoms with Crippen LogP contribution < -0.4 is 10.6 Å². The molecule has 1 aliphatic carbocycles. The van der Waals surface area contributed by atoms with E-state index in [2.05, 4.69) is 86.7 Å². The van der Waals surface area contributed by atoms with Crippen LogP contribution in [0.5, 0.6) is 0 Å². The summed E-state index contributed by atoms with van der Waals surface area (Å²) in [5, 5.41) is 14.2. The van der Waals surface area contributed by atoms with E-state index in [0.29, 0.717) is 6.61 Å². The summed E-state index contributed by atoms with van der Waals surface area (Å²) in [6.07, 6.45) is 3.60. The molecule has 0 saturated heterocycles. The average molecular weight is 479 g/mol. The van der Waals surface area contributed by atoms with Gasteiger partial charge >= 0.3 is 6.03 Å². The van der Waals surface area contributed by atoms with Crippen molar-refractivity contribution < 1.29 is 9.22 Å². The number of aromatic nitrogens is 2. The lowest BCUT2D eigenvalue weighted by atomic mass is 9.84. The van der Waals surface area contributed by atoms with Gasteiger partial charge in [0.15, 0.2) is 8.32 Å². The summed E-state index contributed by atoms with van der Waals surface area (Å²) >= 11 is 0. The topological polar surface area (TPSA) is 79.0 Å². The molecule has 4 rings (SSSR count). The first kappa shape index (κ1) is 24.5. The molecular formula is C27H38N4O2Si. The van der Waals surface area contributed by atoms with Gasteiger partial charge in [-0.2, -0.15) is 5.10 Å². The number of anilines is 1. The minimum absolute atomic E-state index is 0.0131. The second-order valence-electron chi connectivity index (χ2n) is 11.7. The molecule has 3 aromatic rings. The highest BCUT2D eigenvalue weighted by Gasteiger charge is 2.39. The second-order valence-corrected chi connectivity index (χ2v) is 16.5. The highest BCUT2D eigenvalue weighted by Crippen LogP contribution is 2.39. The predicted molar refractivity (Wildman–Crippen MR) is 142 cm³/mol. The monoisotopic (exact) mass is 478 g/mol. The number of aryl methyl sites for hydroxylation is 1. The Morgan fingerprint density at radius 2 is 1.94 bits per heavy atom.